The van der Waals surface area contributed by atoms with E-state index in [4.69, 9.17) is 0 Å². The third-order valence-corrected chi connectivity index (χ3v) is 6.31. The lowest BCUT2D eigenvalue weighted by atomic mass is 10.1. The van der Waals surface area contributed by atoms with E-state index in [0.29, 0.717) is 30.2 Å². The average Bonchev–Trinajstić information content (AvgIpc) is 3.17. The summed E-state index contributed by atoms with van der Waals surface area (Å²) in [5.41, 5.74) is 2.41. The molecule has 0 fully saturated rings. The predicted molar refractivity (Wildman–Crippen MR) is 136 cm³/mol. The Labute approximate surface area is 196 Å². The molecule has 0 spiro atoms. The normalized spacial score (nSPS) is 11.4. The molecule has 0 unspecified atom stereocenters. The van der Waals surface area contributed by atoms with Gasteiger partial charge >= 0.3 is 5.69 Å². The van der Waals surface area contributed by atoms with Crippen molar-refractivity contribution in [3.05, 3.63) is 56.2 Å². The van der Waals surface area contributed by atoms with Gasteiger partial charge in [0.2, 0.25) is 5.95 Å². The molecule has 33 heavy (non-hydrogen) atoms. The first-order chi connectivity index (χ1) is 16.0. The van der Waals surface area contributed by atoms with Crippen molar-refractivity contribution in [1.82, 2.24) is 19.1 Å². The molecule has 0 radical (unpaired) electrons. The van der Waals surface area contributed by atoms with Gasteiger partial charge in [0.05, 0.1) is 0 Å². The molecule has 2 N–H and O–H groups in total. The van der Waals surface area contributed by atoms with Crippen LogP contribution in [-0.4, -0.2) is 19.1 Å². The fourth-order valence-corrected chi connectivity index (χ4v) is 4.23. The van der Waals surface area contributed by atoms with Gasteiger partial charge in [-0.15, -0.1) is 0 Å². The summed E-state index contributed by atoms with van der Waals surface area (Å²) in [6.07, 6.45) is 12.6. The second-order valence-corrected chi connectivity index (χ2v) is 9.10. The zero-order valence-electron chi connectivity index (χ0n) is 20.5. The lowest BCUT2D eigenvalue weighted by molar-refractivity contribution is 0.538. The number of rotatable bonds is 14. The summed E-state index contributed by atoms with van der Waals surface area (Å²) in [5, 5.41) is 3.38. The van der Waals surface area contributed by atoms with Crippen LogP contribution in [0.5, 0.6) is 0 Å². The first kappa shape index (κ1) is 24.8. The molecule has 0 aliphatic rings. The first-order valence-electron chi connectivity index (χ1n) is 12.5. The topological polar surface area (TPSA) is 84.7 Å². The number of benzene rings is 1. The molecule has 0 amide bonds. The van der Waals surface area contributed by atoms with E-state index in [1.165, 1.54) is 61.5 Å². The van der Waals surface area contributed by atoms with E-state index < -0.39 is 5.69 Å². The summed E-state index contributed by atoms with van der Waals surface area (Å²) < 4.78 is 3.34. The van der Waals surface area contributed by atoms with Crippen LogP contribution in [-0.2, 0) is 20.1 Å². The number of anilines is 1. The second-order valence-electron chi connectivity index (χ2n) is 9.10. The standard InChI is InChI=1S/C26H39N5O2/c1-4-5-6-7-8-9-10-11-12-13-18-31-22-23(30(3)26(33)29-24(22)32)28-25(31)27-19-21-16-14-20(2)15-17-21/h14-17H,4-13,18-19H2,1-3H3,(H,27,28)(H,29,32,33). The molecule has 2 heterocycles. The predicted octanol–water partition coefficient (Wildman–Crippen LogP) is 5.26. The fourth-order valence-electron chi connectivity index (χ4n) is 4.23. The molecule has 0 aliphatic heterocycles. The summed E-state index contributed by atoms with van der Waals surface area (Å²) in [4.78, 5) is 31.7. The van der Waals surface area contributed by atoms with Crippen LogP contribution < -0.4 is 16.6 Å². The third kappa shape index (κ3) is 6.83. The number of imidazole rings is 1. The largest absolute Gasteiger partial charge is 0.352 e. The molecule has 3 rings (SSSR count). The van der Waals surface area contributed by atoms with E-state index in [0.717, 1.165) is 18.4 Å². The Balaban J connectivity index is 1.64. The van der Waals surface area contributed by atoms with Gasteiger partial charge in [-0.3, -0.25) is 14.3 Å². The van der Waals surface area contributed by atoms with E-state index in [1.54, 1.807) is 7.05 Å². The molecule has 0 saturated heterocycles. The van der Waals surface area contributed by atoms with Crippen LogP contribution in [0.1, 0.15) is 82.3 Å². The summed E-state index contributed by atoms with van der Waals surface area (Å²) in [6, 6.07) is 8.33. The van der Waals surface area contributed by atoms with Gasteiger partial charge in [0, 0.05) is 20.1 Å². The zero-order chi connectivity index (χ0) is 23.6. The highest BCUT2D eigenvalue weighted by atomic mass is 16.2. The van der Waals surface area contributed by atoms with Crippen molar-refractivity contribution < 1.29 is 0 Å². The lowest BCUT2D eigenvalue weighted by Crippen LogP contribution is -2.29. The molecule has 180 valence electrons. The Morgan fingerprint density at radius 3 is 2.15 bits per heavy atom. The molecule has 0 bridgehead atoms. The van der Waals surface area contributed by atoms with Crippen LogP contribution in [0, 0.1) is 6.92 Å². The number of nitrogens with one attached hydrogen (secondary N) is 2. The Morgan fingerprint density at radius 1 is 0.909 bits per heavy atom. The Hall–Kier alpha value is -2.83. The number of fused-ring (bicyclic) bond motifs is 1. The molecule has 0 aliphatic carbocycles. The van der Waals surface area contributed by atoms with Crippen molar-refractivity contribution in [3.63, 3.8) is 0 Å². The second kappa shape index (κ2) is 12.4. The summed E-state index contributed by atoms with van der Waals surface area (Å²) in [7, 11) is 1.64. The Bertz CT molecular complexity index is 1120. The van der Waals surface area contributed by atoms with E-state index in [1.807, 2.05) is 4.57 Å². The average molecular weight is 454 g/mol. The van der Waals surface area contributed by atoms with Crippen LogP contribution in [0.15, 0.2) is 33.9 Å². The van der Waals surface area contributed by atoms with Crippen molar-refractivity contribution in [2.45, 2.75) is 91.1 Å². The smallest absolute Gasteiger partial charge is 0.329 e. The molecule has 2 aromatic heterocycles. The van der Waals surface area contributed by atoms with Crippen LogP contribution in [0.2, 0.25) is 0 Å². The van der Waals surface area contributed by atoms with Gasteiger partial charge in [0.25, 0.3) is 5.56 Å². The number of H-pyrrole nitrogens is 1. The highest BCUT2D eigenvalue weighted by molar-refractivity contribution is 5.74. The third-order valence-electron chi connectivity index (χ3n) is 6.31. The fraction of sp³-hybridized carbons (Fsp3) is 0.577. The summed E-state index contributed by atoms with van der Waals surface area (Å²) in [6.45, 7) is 5.62. The first-order valence-corrected chi connectivity index (χ1v) is 12.5. The maximum Gasteiger partial charge on any atom is 0.329 e. The van der Waals surface area contributed by atoms with Crippen molar-refractivity contribution >= 4 is 17.1 Å². The van der Waals surface area contributed by atoms with Crippen LogP contribution in [0.4, 0.5) is 5.95 Å². The Kier molecular flexibility index (Phi) is 9.34. The number of nitrogens with zero attached hydrogens (tertiary/aromatic N) is 3. The van der Waals surface area contributed by atoms with Gasteiger partial charge < -0.3 is 9.88 Å². The maximum atomic E-state index is 12.6. The van der Waals surface area contributed by atoms with Gasteiger partial charge in [-0.2, -0.15) is 4.98 Å². The lowest BCUT2D eigenvalue weighted by Gasteiger charge is -2.11. The molecule has 1 aromatic carbocycles. The monoisotopic (exact) mass is 453 g/mol. The van der Waals surface area contributed by atoms with Gasteiger partial charge in [0.1, 0.15) is 0 Å². The quantitative estimate of drug-likeness (QED) is 0.326. The SMILES string of the molecule is CCCCCCCCCCCCn1c(NCc2ccc(C)cc2)nc2c1c(=O)[nH]c(=O)n2C. The number of hydrogen-bond acceptors (Lipinski definition) is 4. The molecule has 3 aromatic rings. The zero-order valence-corrected chi connectivity index (χ0v) is 20.5. The van der Waals surface area contributed by atoms with Crippen LogP contribution in [0.3, 0.4) is 0 Å². The van der Waals surface area contributed by atoms with Gasteiger partial charge in [-0.1, -0.05) is 94.5 Å². The van der Waals surface area contributed by atoms with E-state index >= 15 is 0 Å². The number of hydrogen-bond donors (Lipinski definition) is 2. The number of unbranched alkanes of at least 4 members (excludes halogenated alkanes) is 9. The van der Waals surface area contributed by atoms with Crippen LogP contribution >= 0.6 is 0 Å². The summed E-state index contributed by atoms with van der Waals surface area (Å²) >= 11 is 0. The van der Waals surface area contributed by atoms with Gasteiger partial charge in [-0.25, -0.2) is 4.79 Å². The minimum absolute atomic E-state index is 0.379. The van der Waals surface area contributed by atoms with Gasteiger partial charge in [-0.05, 0) is 18.9 Å². The number of aromatic nitrogens is 4. The van der Waals surface area contributed by atoms with Gasteiger partial charge in [0.15, 0.2) is 11.2 Å². The van der Waals surface area contributed by atoms with Crippen LogP contribution in [0.25, 0.3) is 11.2 Å². The van der Waals surface area contributed by atoms with Crippen molar-refractivity contribution in [1.29, 1.82) is 0 Å². The molecule has 7 nitrogen and oxygen atoms in total. The molecule has 0 atom stereocenters. The number of aromatic amines is 1. The van der Waals surface area contributed by atoms with Crippen molar-refractivity contribution in [3.8, 4) is 0 Å². The van der Waals surface area contributed by atoms with E-state index in [9.17, 15) is 9.59 Å². The molecular formula is C26H39N5O2. The van der Waals surface area contributed by atoms with Crippen molar-refractivity contribution in [2.75, 3.05) is 5.32 Å². The van der Waals surface area contributed by atoms with Crippen molar-refractivity contribution in [2.24, 2.45) is 7.05 Å². The molecule has 0 saturated carbocycles. The molecular weight excluding hydrogens is 414 g/mol. The highest BCUT2D eigenvalue weighted by Gasteiger charge is 2.17. The molecule has 7 heteroatoms. The number of aryl methyl sites for hydroxylation is 3. The minimum Gasteiger partial charge on any atom is -0.352 e. The van der Waals surface area contributed by atoms with E-state index in [-0.39, 0.29) is 5.56 Å². The Morgan fingerprint density at radius 2 is 1.52 bits per heavy atom. The maximum absolute atomic E-state index is 12.6. The summed E-state index contributed by atoms with van der Waals surface area (Å²) in [5.74, 6) is 0.633. The van der Waals surface area contributed by atoms with E-state index in [2.05, 4.69) is 53.4 Å². The minimum atomic E-state index is -0.443. The highest BCUT2D eigenvalue weighted by Crippen LogP contribution is 2.18.